The van der Waals surface area contributed by atoms with Crippen LogP contribution >= 0.6 is 24.0 Å². The molecule has 1 fully saturated rings. The Bertz CT molecular complexity index is 354. The molecule has 0 radical (unpaired) electrons. The standard InChI is InChI=1S/C10H11NOS2/c1-11-9(13)14-7-10(11,12)8-5-3-2-4-6-8/h2-6,12H,7H2,1H3/t10-/m0/s1. The molecule has 14 heavy (non-hydrogen) atoms. The van der Waals surface area contributed by atoms with Crippen molar-refractivity contribution in [2.75, 3.05) is 12.8 Å². The molecule has 1 saturated heterocycles. The summed E-state index contributed by atoms with van der Waals surface area (Å²) in [7, 11) is 1.83. The van der Waals surface area contributed by atoms with Crippen molar-refractivity contribution in [1.82, 2.24) is 4.90 Å². The van der Waals surface area contributed by atoms with Gasteiger partial charge >= 0.3 is 0 Å². The quantitative estimate of drug-likeness (QED) is 0.736. The van der Waals surface area contributed by atoms with Gasteiger partial charge in [0, 0.05) is 12.6 Å². The minimum absolute atomic E-state index is 0.604. The van der Waals surface area contributed by atoms with Crippen molar-refractivity contribution in [3.8, 4) is 0 Å². The second kappa shape index (κ2) is 3.53. The molecule has 1 aromatic carbocycles. The molecule has 1 aromatic rings. The Hall–Kier alpha value is -0.580. The molecule has 0 bridgehead atoms. The number of nitrogens with zero attached hydrogens (tertiary/aromatic N) is 1. The average Bonchev–Trinajstić information content (AvgIpc) is 2.49. The van der Waals surface area contributed by atoms with Gasteiger partial charge in [0.25, 0.3) is 0 Å². The maximum Gasteiger partial charge on any atom is 0.174 e. The summed E-state index contributed by atoms with van der Waals surface area (Å²) in [5, 5.41) is 10.4. The molecule has 0 spiro atoms. The Morgan fingerprint density at radius 1 is 1.43 bits per heavy atom. The number of thioether (sulfide) groups is 1. The summed E-state index contributed by atoms with van der Waals surface area (Å²) in [5.41, 5.74) is -0.0296. The number of aliphatic hydroxyl groups is 1. The van der Waals surface area contributed by atoms with Gasteiger partial charge in [-0.2, -0.15) is 0 Å². The zero-order valence-electron chi connectivity index (χ0n) is 7.80. The summed E-state index contributed by atoms with van der Waals surface area (Å²) in [6.07, 6.45) is 0. The zero-order valence-corrected chi connectivity index (χ0v) is 9.44. The van der Waals surface area contributed by atoms with Gasteiger partial charge in [-0.15, -0.1) is 0 Å². The first kappa shape index (κ1) is 9.96. The molecule has 0 aliphatic carbocycles. The monoisotopic (exact) mass is 225 g/mol. The van der Waals surface area contributed by atoms with E-state index in [9.17, 15) is 5.11 Å². The fourth-order valence-corrected chi connectivity index (χ4v) is 2.85. The third-order valence-electron chi connectivity index (χ3n) is 2.46. The van der Waals surface area contributed by atoms with Crippen LogP contribution in [0.4, 0.5) is 0 Å². The molecule has 0 aromatic heterocycles. The average molecular weight is 225 g/mol. The van der Waals surface area contributed by atoms with E-state index in [0.717, 1.165) is 9.88 Å². The highest BCUT2D eigenvalue weighted by Crippen LogP contribution is 2.37. The van der Waals surface area contributed by atoms with Crippen LogP contribution in [-0.2, 0) is 5.72 Å². The lowest BCUT2D eigenvalue weighted by molar-refractivity contribution is -0.0336. The summed E-state index contributed by atoms with van der Waals surface area (Å²) in [6.45, 7) is 0. The number of hydrogen-bond acceptors (Lipinski definition) is 3. The van der Waals surface area contributed by atoms with Gasteiger partial charge in [0.2, 0.25) is 0 Å². The largest absolute Gasteiger partial charge is 0.366 e. The third kappa shape index (κ3) is 1.43. The van der Waals surface area contributed by atoms with Crippen LogP contribution in [0.2, 0.25) is 0 Å². The number of thiocarbonyl (C=S) groups is 1. The van der Waals surface area contributed by atoms with Crippen LogP contribution in [0.3, 0.4) is 0 Å². The molecular weight excluding hydrogens is 214 g/mol. The van der Waals surface area contributed by atoms with E-state index in [2.05, 4.69) is 0 Å². The predicted octanol–water partition coefficient (Wildman–Crippen LogP) is 1.80. The Kier molecular flexibility index (Phi) is 2.51. The minimum atomic E-state index is -0.928. The maximum absolute atomic E-state index is 10.4. The molecule has 0 unspecified atom stereocenters. The van der Waals surface area contributed by atoms with E-state index in [1.807, 2.05) is 37.4 Å². The summed E-state index contributed by atoms with van der Waals surface area (Å²) in [5.74, 6) is 0.604. The predicted molar refractivity (Wildman–Crippen MR) is 63.2 cm³/mol. The Labute approximate surface area is 92.9 Å². The van der Waals surface area contributed by atoms with Crippen LogP contribution in [-0.4, -0.2) is 27.1 Å². The zero-order chi connectivity index (χ0) is 10.2. The lowest BCUT2D eigenvalue weighted by atomic mass is 10.0. The summed E-state index contributed by atoms with van der Waals surface area (Å²) >= 11 is 6.63. The Balaban J connectivity index is 2.39. The van der Waals surface area contributed by atoms with Crippen LogP contribution < -0.4 is 0 Å². The van der Waals surface area contributed by atoms with Crippen LogP contribution in [0.15, 0.2) is 30.3 Å². The van der Waals surface area contributed by atoms with Gasteiger partial charge in [0.05, 0.1) is 5.75 Å². The van der Waals surface area contributed by atoms with Crippen LogP contribution in [0.5, 0.6) is 0 Å². The first-order chi connectivity index (χ1) is 6.64. The molecule has 1 N–H and O–H groups in total. The van der Waals surface area contributed by atoms with Gasteiger partial charge in [-0.05, 0) is 0 Å². The fraction of sp³-hybridized carbons (Fsp3) is 0.300. The fourth-order valence-electron chi connectivity index (χ4n) is 1.49. The van der Waals surface area contributed by atoms with E-state index in [0.29, 0.717) is 5.75 Å². The Morgan fingerprint density at radius 3 is 2.57 bits per heavy atom. The number of benzene rings is 1. The second-order valence-electron chi connectivity index (χ2n) is 3.30. The molecule has 74 valence electrons. The minimum Gasteiger partial charge on any atom is -0.366 e. The van der Waals surface area contributed by atoms with Gasteiger partial charge in [0.1, 0.15) is 4.32 Å². The van der Waals surface area contributed by atoms with Gasteiger partial charge in [-0.3, -0.25) is 0 Å². The van der Waals surface area contributed by atoms with Crippen molar-refractivity contribution >= 4 is 28.3 Å². The molecule has 1 aliphatic heterocycles. The maximum atomic E-state index is 10.4. The van der Waals surface area contributed by atoms with Crippen molar-refractivity contribution in [1.29, 1.82) is 0 Å². The van der Waals surface area contributed by atoms with E-state index in [1.54, 1.807) is 4.90 Å². The van der Waals surface area contributed by atoms with Crippen molar-refractivity contribution in [2.24, 2.45) is 0 Å². The smallest absolute Gasteiger partial charge is 0.174 e. The van der Waals surface area contributed by atoms with E-state index in [4.69, 9.17) is 12.2 Å². The molecule has 1 aliphatic rings. The highest BCUT2D eigenvalue weighted by molar-refractivity contribution is 8.23. The van der Waals surface area contributed by atoms with Crippen molar-refractivity contribution in [3.63, 3.8) is 0 Å². The molecule has 2 rings (SSSR count). The second-order valence-corrected chi connectivity index (χ2v) is 4.91. The topological polar surface area (TPSA) is 23.5 Å². The molecule has 1 atom stereocenters. The van der Waals surface area contributed by atoms with Gasteiger partial charge in [0.15, 0.2) is 5.72 Å². The summed E-state index contributed by atoms with van der Waals surface area (Å²) in [4.78, 5) is 1.75. The molecule has 0 saturated carbocycles. The van der Waals surface area contributed by atoms with Crippen LogP contribution in [0.25, 0.3) is 0 Å². The molecule has 1 heterocycles. The molecule has 2 nitrogen and oxygen atoms in total. The highest BCUT2D eigenvalue weighted by atomic mass is 32.2. The molecule has 4 heteroatoms. The highest BCUT2D eigenvalue weighted by Gasteiger charge is 2.41. The number of hydrogen-bond donors (Lipinski definition) is 1. The van der Waals surface area contributed by atoms with Gasteiger partial charge < -0.3 is 10.0 Å². The Morgan fingerprint density at radius 2 is 2.07 bits per heavy atom. The number of rotatable bonds is 1. The van der Waals surface area contributed by atoms with Gasteiger partial charge in [-0.1, -0.05) is 54.3 Å². The van der Waals surface area contributed by atoms with Crippen LogP contribution in [0.1, 0.15) is 5.56 Å². The van der Waals surface area contributed by atoms with E-state index in [-0.39, 0.29) is 0 Å². The SMILES string of the molecule is CN1C(=S)SC[C@]1(O)c1ccccc1. The van der Waals surface area contributed by atoms with Crippen molar-refractivity contribution in [2.45, 2.75) is 5.72 Å². The lowest BCUT2D eigenvalue weighted by Gasteiger charge is -2.30. The molecular formula is C10H11NOS2. The van der Waals surface area contributed by atoms with Gasteiger partial charge in [-0.25, -0.2) is 0 Å². The van der Waals surface area contributed by atoms with E-state index >= 15 is 0 Å². The normalized spacial score (nSPS) is 27.0. The first-order valence-electron chi connectivity index (χ1n) is 4.33. The van der Waals surface area contributed by atoms with Crippen LogP contribution in [0, 0.1) is 0 Å². The van der Waals surface area contributed by atoms with Crippen molar-refractivity contribution in [3.05, 3.63) is 35.9 Å². The van der Waals surface area contributed by atoms with E-state index < -0.39 is 5.72 Å². The first-order valence-corrected chi connectivity index (χ1v) is 5.72. The third-order valence-corrected chi connectivity index (χ3v) is 4.16. The lowest BCUT2D eigenvalue weighted by Crippen LogP contribution is -2.41. The van der Waals surface area contributed by atoms with Crippen molar-refractivity contribution < 1.29 is 5.11 Å². The molecule has 0 amide bonds. The van der Waals surface area contributed by atoms with E-state index in [1.165, 1.54) is 11.8 Å². The summed E-state index contributed by atoms with van der Waals surface area (Å²) in [6, 6.07) is 9.63. The summed E-state index contributed by atoms with van der Waals surface area (Å²) < 4.78 is 0.747.